The minimum atomic E-state index is -0.297. The highest BCUT2D eigenvalue weighted by atomic mass is 16.5. The lowest BCUT2D eigenvalue weighted by molar-refractivity contribution is 0.156. The van der Waals surface area contributed by atoms with Gasteiger partial charge in [-0.15, -0.1) is 12.3 Å². The van der Waals surface area contributed by atoms with E-state index in [9.17, 15) is 5.11 Å². The van der Waals surface area contributed by atoms with Gasteiger partial charge in [0.05, 0.1) is 12.7 Å². The highest BCUT2D eigenvalue weighted by Gasteiger charge is 2.17. The van der Waals surface area contributed by atoms with Crippen molar-refractivity contribution in [2.45, 2.75) is 38.2 Å². The zero-order chi connectivity index (χ0) is 12.1. The highest BCUT2D eigenvalue weighted by molar-refractivity contribution is 5.38. The number of unbranched alkanes of at least 4 members (excludes halogenated alkanes) is 1. The van der Waals surface area contributed by atoms with Gasteiger partial charge in [-0.05, 0) is 48.9 Å². The molecule has 0 radical (unpaired) electrons. The van der Waals surface area contributed by atoms with Gasteiger partial charge in [-0.25, -0.2) is 0 Å². The first-order valence-electron chi connectivity index (χ1n) is 6.18. The molecule has 0 amide bonds. The molecule has 17 heavy (non-hydrogen) atoms. The maximum absolute atomic E-state index is 9.84. The Morgan fingerprint density at radius 3 is 3.18 bits per heavy atom. The normalized spacial score (nSPS) is 18.2. The number of rotatable bonds is 4. The number of hydrogen-bond acceptors (Lipinski definition) is 2. The molecule has 1 aromatic rings. The molecule has 0 aromatic heterocycles. The monoisotopic (exact) mass is 230 g/mol. The molecule has 2 rings (SSSR count). The van der Waals surface area contributed by atoms with Crippen LogP contribution in [0.25, 0.3) is 0 Å². The van der Waals surface area contributed by atoms with Gasteiger partial charge in [0.2, 0.25) is 0 Å². The number of aryl methyl sites for hydroxylation is 1. The van der Waals surface area contributed by atoms with Crippen LogP contribution < -0.4 is 4.74 Å². The minimum absolute atomic E-state index is 0.297. The number of terminal acetylenes is 1. The largest absolute Gasteiger partial charge is 0.494 e. The van der Waals surface area contributed by atoms with Gasteiger partial charge in [0.15, 0.2) is 0 Å². The van der Waals surface area contributed by atoms with Crippen LogP contribution in [0.15, 0.2) is 18.2 Å². The zero-order valence-electron chi connectivity index (χ0n) is 9.98. The molecule has 1 aliphatic carbocycles. The van der Waals surface area contributed by atoms with E-state index >= 15 is 0 Å². The third-order valence-corrected chi connectivity index (χ3v) is 3.13. The topological polar surface area (TPSA) is 29.5 Å². The number of ether oxygens (including phenoxy) is 1. The second-order valence-corrected chi connectivity index (χ2v) is 4.42. The number of aliphatic hydroxyl groups excluding tert-OH is 1. The van der Waals surface area contributed by atoms with Crippen LogP contribution >= 0.6 is 0 Å². The molecule has 1 aliphatic rings. The van der Waals surface area contributed by atoms with E-state index in [1.165, 1.54) is 5.56 Å². The van der Waals surface area contributed by atoms with Crippen LogP contribution in [0.1, 0.15) is 42.9 Å². The SMILES string of the molecule is C#CCCCOc1ccc2c(c1)CCCC2O. The van der Waals surface area contributed by atoms with Crippen LogP contribution in [0.2, 0.25) is 0 Å². The maximum atomic E-state index is 9.84. The first-order chi connectivity index (χ1) is 8.31. The fraction of sp³-hybridized carbons (Fsp3) is 0.467. The van der Waals surface area contributed by atoms with Gasteiger partial charge < -0.3 is 9.84 Å². The van der Waals surface area contributed by atoms with Crippen molar-refractivity contribution in [2.75, 3.05) is 6.61 Å². The Balaban J connectivity index is 1.99. The van der Waals surface area contributed by atoms with E-state index in [1.54, 1.807) is 0 Å². The van der Waals surface area contributed by atoms with E-state index in [0.29, 0.717) is 6.61 Å². The molecule has 0 saturated heterocycles. The third kappa shape index (κ3) is 3.01. The highest BCUT2D eigenvalue weighted by Crippen LogP contribution is 2.31. The summed E-state index contributed by atoms with van der Waals surface area (Å²) >= 11 is 0. The van der Waals surface area contributed by atoms with Gasteiger partial charge in [-0.3, -0.25) is 0 Å². The molecule has 1 aromatic carbocycles. The summed E-state index contributed by atoms with van der Waals surface area (Å²) in [6, 6.07) is 5.96. The summed E-state index contributed by atoms with van der Waals surface area (Å²) in [6.07, 6.45) is 9.48. The molecule has 1 N–H and O–H groups in total. The standard InChI is InChI=1S/C15H18O2/c1-2-3-4-10-17-13-8-9-14-12(11-13)6-5-7-15(14)16/h1,8-9,11,15-16H,3-7,10H2. The molecule has 0 saturated carbocycles. The molecule has 0 spiro atoms. The average Bonchev–Trinajstić information content (AvgIpc) is 2.35. The van der Waals surface area contributed by atoms with Crippen LogP contribution in [0, 0.1) is 12.3 Å². The third-order valence-electron chi connectivity index (χ3n) is 3.13. The summed E-state index contributed by atoms with van der Waals surface area (Å²) in [5, 5.41) is 9.84. The van der Waals surface area contributed by atoms with Gasteiger partial charge in [0.1, 0.15) is 5.75 Å². The quantitative estimate of drug-likeness (QED) is 0.636. The van der Waals surface area contributed by atoms with Crippen LogP contribution in [0.3, 0.4) is 0 Å². The van der Waals surface area contributed by atoms with E-state index in [1.807, 2.05) is 18.2 Å². The van der Waals surface area contributed by atoms with Crippen LogP contribution in [0.5, 0.6) is 5.75 Å². The van der Waals surface area contributed by atoms with Crippen molar-refractivity contribution in [1.29, 1.82) is 0 Å². The van der Waals surface area contributed by atoms with Gasteiger partial charge in [-0.1, -0.05) is 6.07 Å². The van der Waals surface area contributed by atoms with Crippen molar-refractivity contribution in [3.8, 4) is 18.1 Å². The minimum Gasteiger partial charge on any atom is -0.494 e. The fourth-order valence-electron chi connectivity index (χ4n) is 2.22. The maximum Gasteiger partial charge on any atom is 0.119 e. The van der Waals surface area contributed by atoms with E-state index in [0.717, 1.165) is 43.4 Å². The van der Waals surface area contributed by atoms with Crippen molar-refractivity contribution < 1.29 is 9.84 Å². The predicted octanol–water partition coefficient (Wildman–Crippen LogP) is 2.85. The van der Waals surface area contributed by atoms with E-state index in [2.05, 4.69) is 5.92 Å². The van der Waals surface area contributed by atoms with Gasteiger partial charge in [0, 0.05) is 6.42 Å². The molecule has 1 unspecified atom stereocenters. The van der Waals surface area contributed by atoms with Gasteiger partial charge in [-0.2, -0.15) is 0 Å². The van der Waals surface area contributed by atoms with Crippen LogP contribution in [-0.4, -0.2) is 11.7 Å². The van der Waals surface area contributed by atoms with Crippen molar-refractivity contribution >= 4 is 0 Å². The van der Waals surface area contributed by atoms with E-state index < -0.39 is 0 Å². The second-order valence-electron chi connectivity index (χ2n) is 4.42. The average molecular weight is 230 g/mol. The number of hydrogen-bond donors (Lipinski definition) is 1. The summed E-state index contributed by atoms with van der Waals surface area (Å²) < 4.78 is 5.63. The van der Waals surface area contributed by atoms with Crippen molar-refractivity contribution in [3.05, 3.63) is 29.3 Å². The Labute approximate surface area is 103 Å². The molecule has 2 heteroatoms. The lowest BCUT2D eigenvalue weighted by Gasteiger charge is -2.21. The molecule has 0 bridgehead atoms. The number of benzene rings is 1. The molecule has 0 fully saturated rings. The Hall–Kier alpha value is -1.46. The molecule has 1 atom stereocenters. The summed E-state index contributed by atoms with van der Waals surface area (Å²) in [5.74, 6) is 3.48. The van der Waals surface area contributed by atoms with E-state index in [-0.39, 0.29) is 6.10 Å². The first-order valence-corrected chi connectivity index (χ1v) is 6.18. The van der Waals surface area contributed by atoms with Crippen molar-refractivity contribution in [1.82, 2.24) is 0 Å². The summed E-state index contributed by atoms with van der Waals surface area (Å²) in [7, 11) is 0. The molecule has 90 valence electrons. The summed E-state index contributed by atoms with van der Waals surface area (Å²) in [4.78, 5) is 0. The fourth-order valence-corrected chi connectivity index (χ4v) is 2.22. The van der Waals surface area contributed by atoms with Crippen LogP contribution in [-0.2, 0) is 6.42 Å². The van der Waals surface area contributed by atoms with Crippen LogP contribution in [0.4, 0.5) is 0 Å². The lowest BCUT2D eigenvalue weighted by Crippen LogP contribution is -2.09. The molecular formula is C15H18O2. The number of fused-ring (bicyclic) bond motifs is 1. The molecule has 2 nitrogen and oxygen atoms in total. The smallest absolute Gasteiger partial charge is 0.119 e. The van der Waals surface area contributed by atoms with Gasteiger partial charge in [0.25, 0.3) is 0 Å². The molecule has 0 aliphatic heterocycles. The summed E-state index contributed by atoms with van der Waals surface area (Å²) in [5.41, 5.74) is 2.28. The van der Waals surface area contributed by atoms with E-state index in [4.69, 9.17) is 11.2 Å². The molecule has 0 heterocycles. The Morgan fingerprint density at radius 2 is 2.35 bits per heavy atom. The Morgan fingerprint density at radius 1 is 1.47 bits per heavy atom. The lowest BCUT2D eigenvalue weighted by atomic mass is 9.89. The Bertz CT molecular complexity index is 417. The Kier molecular flexibility index (Phi) is 4.06. The predicted molar refractivity (Wildman–Crippen MR) is 67.9 cm³/mol. The second kappa shape index (κ2) is 5.75. The van der Waals surface area contributed by atoms with Gasteiger partial charge >= 0.3 is 0 Å². The van der Waals surface area contributed by atoms with Crippen molar-refractivity contribution in [2.24, 2.45) is 0 Å². The first kappa shape index (κ1) is 12.0. The molecular weight excluding hydrogens is 212 g/mol. The number of aliphatic hydroxyl groups is 1. The zero-order valence-corrected chi connectivity index (χ0v) is 9.98. The van der Waals surface area contributed by atoms with Crippen molar-refractivity contribution in [3.63, 3.8) is 0 Å². The summed E-state index contributed by atoms with van der Waals surface area (Å²) in [6.45, 7) is 0.658.